The lowest BCUT2D eigenvalue weighted by Gasteiger charge is -2.25. The van der Waals surface area contributed by atoms with E-state index in [9.17, 15) is 0 Å². The molecule has 0 aromatic heterocycles. The van der Waals surface area contributed by atoms with Crippen molar-refractivity contribution in [3.8, 4) is 5.75 Å². The number of hydrogen-bond acceptors (Lipinski definition) is 1. The molecule has 1 saturated carbocycles. The van der Waals surface area contributed by atoms with E-state index >= 15 is 0 Å². The zero-order valence-electron chi connectivity index (χ0n) is 9.33. The zero-order chi connectivity index (χ0) is 10.3. The van der Waals surface area contributed by atoms with Gasteiger partial charge in [0.2, 0.25) is 0 Å². The molecule has 80 valence electrons. The van der Waals surface area contributed by atoms with Crippen LogP contribution in [-0.2, 0) is 6.42 Å². The Hall–Kier alpha value is -0.980. The van der Waals surface area contributed by atoms with Gasteiger partial charge >= 0.3 is 0 Å². The predicted octanol–water partition coefficient (Wildman–Crippen LogP) is 3.53. The number of fused-ring (bicyclic) bond motifs is 3. The Labute approximate surface area is 91.5 Å². The summed E-state index contributed by atoms with van der Waals surface area (Å²) in [6, 6.07) is 6.65. The first-order valence-corrected chi connectivity index (χ1v) is 6.05. The molecule has 0 aliphatic heterocycles. The summed E-state index contributed by atoms with van der Waals surface area (Å²) in [6.07, 6.45) is 6.99. The maximum Gasteiger partial charge on any atom is 0.119 e. The van der Waals surface area contributed by atoms with Gasteiger partial charge in [-0.15, -0.1) is 0 Å². The van der Waals surface area contributed by atoms with E-state index in [1.54, 1.807) is 18.2 Å². The van der Waals surface area contributed by atoms with E-state index in [0.29, 0.717) is 0 Å². The molecule has 1 heteroatoms. The van der Waals surface area contributed by atoms with Crippen molar-refractivity contribution in [2.75, 3.05) is 7.11 Å². The van der Waals surface area contributed by atoms with E-state index in [1.165, 1.54) is 32.1 Å². The molecule has 2 aliphatic rings. The van der Waals surface area contributed by atoms with Crippen LogP contribution in [0, 0.1) is 5.92 Å². The van der Waals surface area contributed by atoms with Gasteiger partial charge in [0.05, 0.1) is 7.11 Å². The number of methoxy groups -OCH3 is 1. The first-order chi connectivity index (χ1) is 7.38. The maximum absolute atomic E-state index is 5.32. The highest BCUT2D eigenvalue weighted by Crippen LogP contribution is 2.47. The molecule has 2 atom stereocenters. The Morgan fingerprint density at radius 1 is 1.20 bits per heavy atom. The van der Waals surface area contributed by atoms with E-state index in [0.717, 1.165) is 17.6 Å². The predicted molar refractivity (Wildman–Crippen MR) is 61.4 cm³/mol. The lowest BCUT2D eigenvalue weighted by molar-refractivity contribution is 0.330. The SMILES string of the molecule is COc1ccc2c(c1)[C@@H]1CCCC[C@@H]1C2. The molecule has 0 bridgehead atoms. The first kappa shape index (κ1) is 9.26. The Morgan fingerprint density at radius 3 is 2.93 bits per heavy atom. The van der Waals surface area contributed by atoms with Crippen molar-refractivity contribution in [2.24, 2.45) is 5.92 Å². The Balaban J connectivity index is 1.98. The third kappa shape index (κ3) is 1.45. The molecule has 2 aliphatic carbocycles. The molecule has 0 N–H and O–H groups in total. The van der Waals surface area contributed by atoms with E-state index in [4.69, 9.17) is 4.74 Å². The number of rotatable bonds is 1. The Bertz CT molecular complexity index is 370. The fourth-order valence-corrected chi connectivity index (χ4v) is 3.37. The standard InChI is InChI=1S/C14H18O/c1-15-12-7-6-11-8-10-4-2-3-5-13(10)14(11)9-12/h6-7,9-10,13H,2-5,8H2,1H3/t10-,13-/m1/s1. The van der Waals surface area contributed by atoms with Crippen molar-refractivity contribution in [1.29, 1.82) is 0 Å². The molecule has 0 spiro atoms. The minimum atomic E-state index is 0.837. The second-order valence-corrected chi connectivity index (χ2v) is 4.92. The third-order valence-electron chi connectivity index (χ3n) is 4.14. The fourth-order valence-electron chi connectivity index (χ4n) is 3.37. The average molecular weight is 202 g/mol. The second kappa shape index (κ2) is 3.55. The van der Waals surface area contributed by atoms with Crippen molar-refractivity contribution in [2.45, 2.75) is 38.0 Å². The quantitative estimate of drug-likeness (QED) is 0.677. The molecule has 3 rings (SSSR count). The van der Waals surface area contributed by atoms with Crippen molar-refractivity contribution >= 4 is 0 Å². The summed E-state index contributed by atoms with van der Waals surface area (Å²) in [5, 5.41) is 0. The van der Waals surface area contributed by atoms with Crippen LogP contribution in [-0.4, -0.2) is 7.11 Å². The first-order valence-electron chi connectivity index (χ1n) is 6.05. The number of hydrogen-bond donors (Lipinski definition) is 0. The second-order valence-electron chi connectivity index (χ2n) is 4.92. The normalized spacial score (nSPS) is 28.3. The Morgan fingerprint density at radius 2 is 2.07 bits per heavy atom. The van der Waals surface area contributed by atoms with Gasteiger partial charge in [-0.25, -0.2) is 0 Å². The molecule has 0 saturated heterocycles. The van der Waals surface area contributed by atoms with Crippen LogP contribution in [0.25, 0.3) is 0 Å². The van der Waals surface area contributed by atoms with Crippen molar-refractivity contribution in [3.63, 3.8) is 0 Å². The Kier molecular flexibility index (Phi) is 2.19. The van der Waals surface area contributed by atoms with Crippen LogP contribution in [0.15, 0.2) is 18.2 Å². The van der Waals surface area contributed by atoms with Crippen LogP contribution in [0.1, 0.15) is 42.7 Å². The molecule has 1 nitrogen and oxygen atoms in total. The molecular weight excluding hydrogens is 184 g/mol. The van der Waals surface area contributed by atoms with Gasteiger partial charge in [0, 0.05) is 0 Å². The van der Waals surface area contributed by atoms with Crippen molar-refractivity contribution in [1.82, 2.24) is 0 Å². The van der Waals surface area contributed by atoms with Gasteiger partial charge in [0.1, 0.15) is 5.75 Å². The van der Waals surface area contributed by atoms with Crippen LogP contribution in [0.2, 0.25) is 0 Å². The summed E-state index contributed by atoms with van der Waals surface area (Å²) in [6.45, 7) is 0. The minimum absolute atomic E-state index is 0.837. The summed E-state index contributed by atoms with van der Waals surface area (Å²) in [7, 11) is 1.76. The van der Waals surface area contributed by atoms with Gasteiger partial charge in [-0.3, -0.25) is 0 Å². The van der Waals surface area contributed by atoms with Crippen molar-refractivity contribution < 1.29 is 4.74 Å². The molecule has 15 heavy (non-hydrogen) atoms. The molecule has 1 aromatic carbocycles. The van der Waals surface area contributed by atoms with Crippen LogP contribution in [0.4, 0.5) is 0 Å². The van der Waals surface area contributed by atoms with Crippen molar-refractivity contribution in [3.05, 3.63) is 29.3 Å². The lowest BCUT2D eigenvalue weighted by atomic mass is 9.80. The average Bonchev–Trinajstić information content (AvgIpc) is 2.66. The van der Waals surface area contributed by atoms with Gasteiger partial charge in [0.15, 0.2) is 0 Å². The molecule has 0 heterocycles. The summed E-state index contributed by atoms with van der Waals surface area (Å²) in [5.41, 5.74) is 3.16. The van der Waals surface area contributed by atoms with E-state index in [1.807, 2.05) is 0 Å². The molecular formula is C14H18O. The van der Waals surface area contributed by atoms with Gasteiger partial charge in [0.25, 0.3) is 0 Å². The van der Waals surface area contributed by atoms with Crippen LogP contribution in [0.3, 0.4) is 0 Å². The van der Waals surface area contributed by atoms with Gasteiger partial charge < -0.3 is 4.74 Å². The number of benzene rings is 1. The molecule has 1 fully saturated rings. The van der Waals surface area contributed by atoms with Gasteiger partial charge in [-0.2, -0.15) is 0 Å². The molecule has 0 radical (unpaired) electrons. The third-order valence-corrected chi connectivity index (χ3v) is 4.14. The van der Waals surface area contributed by atoms with Gasteiger partial charge in [-0.1, -0.05) is 18.9 Å². The maximum atomic E-state index is 5.32. The topological polar surface area (TPSA) is 9.23 Å². The minimum Gasteiger partial charge on any atom is -0.497 e. The van der Waals surface area contributed by atoms with E-state index < -0.39 is 0 Å². The molecule has 1 aromatic rings. The highest BCUT2D eigenvalue weighted by atomic mass is 16.5. The lowest BCUT2D eigenvalue weighted by Crippen LogP contribution is -2.12. The van der Waals surface area contributed by atoms with Crippen LogP contribution in [0.5, 0.6) is 5.75 Å². The zero-order valence-corrected chi connectivity index (χ0v) is 9.33. The number of ether oxygens (including phenoxy) is 1. The van der Waals surface area contributed by atoms with E-state index in [-0.39, 0.29) is 0 Å². The summed E-state index contributed by atoms with van der Waals surface area (Å²) < 4.78 is 5.32. The highest BCUT2D eigenvalue weighted by Gasteiger charge is 2.34. The van der Waals surface area contributed by atoms with E-state index in [2.05, 4.69) is 18.2 Å². The molecule has 0 unspecified atom stereocenters. The largest absolute Gasteiger partial charge is 0.497 e. The molecule has 0 amide bonds. The van der Waals surface area contributed by atoms with Gasteiger partial charge in [-0.05, 0) is 54.4 Å². The highest BCUT2D eigenvalue weighted by molar-refractivity contribution is 5.42. The summed E-state index contributed by atoms with van der Waals surface area (Å²) in [5.74, 6) is 2.80. The fraction of sp³-hybridized carbons (Fsp3) is 0.571. The smallest absolute Gasteiger partial charge is 0.119 e. The summed E-state index contributed by atoms with van der Waals surface area (Å²) >= 11 is 0. The monoisotopic (exact) mass is 202 g/mol. The van der Waals surface area contributed by atoms with Crippen LogP contribution < -0.4 is 4.74 Å². The van der Waals surface area contributed by atoms with Crippen LogP contribution >= 0.6 is 0 Å². The summed E-state index contributed by atoms with van der Waals surface area (Å²) in [4.78, 5) is 0.